The molecule has 0 aliphatic carbocycles. The van der Waals surface area contributed by atoms with Gasteiger partial charge in [-0.15, -0.1) is 0 Å². The summed E-state index contributed by atoms with van der Waals surface area (Å²) in [6, 6.07) is 65.1. The zero-order chi connectivity index (χ0) is 42.5. The summed E-state index contributed by atoms with van der Waals surface area (Å²) in [4.78, 5) is 10.0. The van der Waals surface area contributed by atoms with E-state index in [1.54, 1.807) is 0 Å². The van der Waals surface area contributed by atoms with Gasteiger partial charge in [0.05, 0.1) is 6.61 Å². The third-order valence-corrected chi connectivity index (χ3v) is 17.7. The van der Waals surface area contributed by atoms with Gasteiger partial charge in [0.1, 0.15) is 5.72 Å². The van der Waals surface area contributed by atoms with Crippen molar-refractivity contribution in [3.8, 4) is 0 Å². The van der Waals surface area contributed by atoms with Crippen LogP contribution in [0.15, 0.2) is 182 Å². The Morgan fingerprint density at radius 1 is 0.525 bits per heavy atom. The summed E-state index contributed by atoms with van der Waals surface area (Å²) in [7, 11) is -2.76. The first-order chi connectivity index (χ1) is 29.6. The Morgan fingerprint density at radius 2 is 0.918 bits per heavy atom. The van der Waals surface area contributed by atoms with Crippen LogP contribution in [0.4, 0.5) is 0 Å². The van der Waals surface area contributed by atoms with Gasteiger partial charge < -0.3 is 9.53 Å². The predicted molar refractivity (Wildman–Crippen MR) is 255 cm³/mol. The van der Waals surface area contributed by atoms with E-state index in [1.165, 1.54) is 32.6 Å². The molecule has 2 saturated heterocycles. The molecular weight excluding hydrogens is 765 g/mol. The molecule has 0 radical (unpaired) electrons. The summed E-state index contributed by atoms with van der Waals surface area (Å²) in [6.45, 7) is 19.2. The summed E-state index contributed by atoms with van der Waals surface area (Å²) in [5.74, 6) is 0. The van der Waals surface area contributed by atoms with Crippen molar-refractivity contribution >= 4 is 18.7 Å². The largest absolute Gasteiger partial charge is 0.395 e. The summed E-state index contributed by atoms with van der Waals surface area (Å²) in [5, 5.41) is 12.3. The first-order valence-electron chi connectivity index (χ1n) is 22.2. The Balaban J connectivity index is 0.000000215. The fraction of sp³-hybridized carbons (Fsp3) is 0.333. The standard InChI is InChI=1S/C35H42N2OSi.C19H24N2O/c1-34(2,3)39(32-21-13-7-14-22-32,33-23-15-8-16-24-33)38-35(4)29-36(27-30-17-9-5-10-18-30)25-26-37(35)28-31-19-11-6-12-20-31;22-16-19-15-20(13-17-7-3-1-4-8-17)11-12-21(19)14-18-9-5-2-6-10-18/h5-24H,25-29H2,1-4H3;1-10,19,22H,11-16H2. The molecule has 0 bridgehead atoms. The van der Waals surface area contributed by atoms with Gasteiger partial charge in [0.25, 0.3) is 8.32 Å². The predicted octanol–water partition coefficient (Wildman–Crippen LogP) is 8.66. The number of rotatable bonds is 13. The molecule has 0 amide bonds. The number of nitrogens with zero attached hydrogens (tertiary/aromatic N) is 4. The van der Waals surface area contributed by atoms with E-state index < -0.39 is 14.0 Å². The second kappa shape index (κ2) is 20.9. The fourth-order valence-corrected chi connectivity index (χ4v) is 14.1. The monoisotopic (exact) mass is 830 g/mol. The van der Waals surface area contributed by atoms with E-state index in [-0.39, 0.29) is 17.7 Å². The highest BCUT2D eigenvalue weighted by molar-refractivity contribution is 6.99. The lowest BCUT2D eigenvalue weighted by atomic mass is 10.1. The van der Waals surface area contributed by atoms with E-state index in [1.807, 2.05) is 6.07 Å². The lowest BCUT2D eigenvalue weighted by Crippen LogP contribution is -2.74. The highest BCUT2D eigenvalue weighted by Gasteiger charge is 2.55. The van der Waals surface area contributed by atoms with Crippen LogP contribution >= 0.6 is 0 Å². The maximum atomic E-state index is 9.75. The van der Waals surface area contributed by atoms with Crippen molar-refractivity contribution in [2.24, 2.45) is 0 Å². The van der Waals surface area contributed by atoms with E-state index in [4.69, 9.17) is 4.43 Å². The first kappa shape index (κ1) is 44.4. The second-order valence-electron chi connectivity index (χ2n) is 18.1. The molecule has 6 aromatic carbocycles. The van der Waals surface area contributed by atoms with Gasteiger partial charge in [-0.1, -0.05) is 203 Å². The highest BCUT2D eigenvalue weighted by atomic mass is 28.4. The Labute approximate surface area is 367 Å². The molecule has 2 heterocycles. The van der Waals surface area contributed by atoms with Gasteiger partial charge in [0.2, 0.25) is 0 Å². The molecule has 0 spiro atoms. The highest BCUT2D eigenvalue weighted by Crippen LogP contribution is 2.41. The number of hydrogen-bond acceptors (Lipinski definition) is 6. The van der Waals surface area contributed by atoms with Gasteiger partial charge in [-0.2, -0.15) is 0 Å². The Kier molecular flexibility index (Phi) is 15.2. The second-order valence-corrected chi connectivity index (χ2v) is 22.3. The van der Waals surface area contributed by atoms with Crippen molar-refractivity contribution < 1.29 is 9.53 Å². The summed E-state index contributed by atoms with van der Waals surface area (Å²) in [5.41, 5.74) is 4.86. The van der Waals surface area contributed by atoms with Gasteiger partial charge in [-0.05, 0) is 44.6 Å². The topological polar surface area (TPSA) is 42.4 Å². The molecule has 6 aromatic rings. The SMILES string of the molecule is CC1(O[Si](c2ccccc2)(c2ccccc2)C(C)(C)C)CN(Cc2ccccc2)CCN1Cc1ccccc1.OCC1CN(Cc2ccccc2)CCN1Cc1ccccc1. The molecule has 0 saturated carbocycles. The molecule has 2 aliphatic heterocycles. The summed E-state index contributed by atoms with van der Waals surface area (Å²) in [6.07, 6.45) is 0. The van der Waals surface area contributed by atoms with Crippen LogP contribution in [-0.2, 0) is 30.6 Å². The third-order valence-electron chi connectivity index (χ3n) is 12.5. The molecule has 7 heteroatoms. The molecule has 318 valence electrons. The number of aliphatic hydroxyl groups excluding tert-OH is 1. The molecular formula is C54H66N4O2Si. The quantitative estimate of drug-likeness (QED) is 0.118. The minimum absolute atomic E-state index is 0.0845. The molecule has 6 nitrogen and oxygen atoms in total. The van der Waals surface area contributed by atoms with E-state index in [0.29, 0.717) is 0 Å². The average Bonchev–Trinajstić information content (AvgIpc) is 3.29. The normalized spacial score (nSPS) is 19.5. The van der Waals surface area contributed by atoms with Crippen LogP contribution in [0.25, 0.3) is 0 Å². The molecule has 2 aliphatic rings. The van der Waals surface area contributed by atoms with Gasteiger partial charge >= 0.3 is 0 Å². The zero-order valence-electron chi connectivity index (χ0n) is 36.8. The third kappa shape index (κ3) is 11.4. The van der Waals surface area contributed by atoms with Crippen LogP contribution in [0.3, 0.4) is 0 Å². The maximum Gasteiger partial charge on any atom is 0.263 e. The molecule has 61 heavy (non-hydrogen) atoms. The van der Waals surface area contributed by atoms with Gasteiger partial charge in [0.15, 0.2) is 0 Å². The number of hydrogen-bond donors (Lipinski definition) is 1. The number of piperazine rings is 2. The average molecular weight is 831 g/mol. The fourth-order valence-electron chi connectivity index (χ4n) is 9.34. The number of aliphatic hydroxyl groups is 1. The minimum Gasteiger partial charge on any atom is -0.395 e. The van der Waals surface area contributed by atoms with Crippen molar-refractivity contribution in [2.45, 2.75) is 70.7 Å². The zero-order valence-corrected chi connectivity index (χ0v) is 37.8. The van der Waals surface area contributed by atoms with Gasteiger partial charge in [0, 0.05) is 71.5 Å². The molecule has 0 aromatic heterocycles. The van der Waals surface area contributed by atoms with E-state index >= 15 is 0 Å². The van der Waals surface area contributed by atoms with Crippen LogP contribution in [0.2, 0.25) is 5.04 Å². The number of benzene rings is 6. The summed E-state index contributed by atoms with van der Waals surface area (Å²) < 4.78 is 7.88. The van der Waals surface area contributed by atoms with Crippen LogP contribution in [0, 0.1) is 0 Å². The van der Waals surface area contributed by atoms with Crippen molar-refractivity contribution in [3.63, 3.8) is 0 Å². The van der Waals surface area contributed by atoms with Crippen molar-refractivity contribution in [1.29, 1.82) is 0 Å². The van der Waals surface area contributed by atoms with Crippen molar-refractivity contribution in [1.82, 2.24) is 19.6 Å². The molecule has 2 atom stereocenters. The van der Waals surface area contributed by atoms with Crippen LogP contribution in [-0.4, -0.2) is 90.7 Å². The lowest BCUT2D eigenvalue weighted by Gasteiger charge is -2.55. The molecule has 2 fully saturated rings. The minimum atomic E-state index is -2.76. The summed E-state index contributed by atoms with van der Waals surface area (Å²) >= 11 is 0. The van der Waals surface area contributed by atoms with Gasteiger partial charge in [-0.3, -0.25) is 19.6 Å². The smallest absolute Gasteiger partial charge is 0.263 e. The van der Waals surface area contributed by atoms with E-state index in [0.717, 1.165) is 65.4 Å². The van der Waals surface area contributed by atoms with Crippen LogP contribution < -0.4 is 10.4 Å². The molecule has 1 N–H and O–H groups in total. The van der Waals surface area contributed by atoms with Crippen LogP contribution in [0.1, 0.15) is 49.9 Å². The van der Waals surface area contributed by atoms with E-state index in [9.17, 15) is 5.11 Å². The molecule has 8 rings (SSSR count). The lowest BCUT2D eigenvalue weighted by molar-refractivity contribution is -0.132. The molecule has 2 unspecified atom stereocenters. The first-order valence-corrected chi connectivity index (χ1v) is 24.1. The maximum absolute atomic E-state index is 9.75. The van der Waals surface area contributed by atoms with Crippen molar-refractivity contribution in [3.05, 3.63) is 204 Å². The van der Waals surface area contributed by atoms with Crippen molar-refractivity contribution in [2.75, 3.05) is 45.9 Å². The van der Waals surface area contributed by atoms with E-state index in [2.05, 4.69) is 223 Å². The Hall–Kier alpha value is -4.70. The van der Waals surface area contributed by atoms with Crippen LogP contribution in [0.5, 0.6) is 0 Å². The van der Waals surface area contributed by atoms with Gasteiger partial charge in [-0.25, -0.2) is 0 Å². The Morgan fingerprint density at radius 3 is 1.36 bits per heavy atom. The Bertz CT molecular complexity index is 2120.